The molecule has 0 saturated heterocycles. The van der Waals surface area contributed by atoms with Gasteiger partial charge in [0.1, 0.15) is 11.6 Å². The molecule has 0 spiro atoms. The van der Waals surface area contributed by atoms with Gasteiger partial charge in [0, 0.05) is 18.9 Å². The third-order valence-electron chi connectivity index (χ3n) is 2.38. The number of aromatic nitrogens is 2. The third-order valence-corrected chi connectivity index (χ3v) is 2.38. The van der Waals surface area contributed by atoms with Crippen molar-refractivity contribution in [3.8, 4) is 5.69 Å². The van der Waals surface area contributed by atoms with Gasteiger partial charge in [0.25, 0.3) is 0 Å². The number of hydrogen-bond acceptors (Lipinski definition) is 3. The molecule has 0 saturated carbocycles. The molecule has 0 aliphatic heterocycles. The molecule has 2 rings (SSSR count). The first-order valence-corrected chi connectivity index (χ1v) is 4.88. The topological polar surface area (TPSA) is 50.1 Å². The van der Waals surface area contributed by atoms with Gasteiger partial charge < -0.3 is 9.77 Å². The van der Waals surface area contributed by atoms with E-state index in [1.165, 1.54) is 6.07 Å². The van der Waals surface area contributed by atoms with Crippen molar-refractivity contribution < 1.29 is 9.60 Å². The standard InChI is InChI=1S/C11H12FN3O/c1-8-13-4-5-15(8)11-3-2-9(7-14-16)6-10(11)12/h2-6,14,16H,7H2,1H3. The maximum absolute atomic E-state index is 13.8. The van der Waals surface area contributed by atoms with E-state index in [0.717, 1.165) is 5.82 Å². The molecule has 5 heteroatoms. The molecule has 2 N–H and O–H groups in total. The monoisotopic (exact) mass is 221 g/mol. The maximum atomic E-state index is 13.8. The van der Waals surface area contributed by atoms with E-state index in [1.807, 2.05) is 12.4 Å². The first-order chi connectivity index (χ1) is 7.72. The maximum Gasteiger partial charge on any atom is 0.147 e. The van der Waals surface area contributed by atoms with Crippen molar-refractivity contribution >= 4 is 0 Å². The van der Waals surface area contributed by atoms with Crippen LogP contribution in [0.5, 0.6) is 0 Å². The van der Waals surface area contributed by atoms with Gasteiger partial charge in [-0.2, -0.15) is 0 Å². The number of imidazole rings is 1. The minimum absolute atomic E-state index is 0.222. The largest absolute Gasteiger partial charge is 0.316 e. The lowest BCUT2D eigenvalue weighted by molar-refractivity contribution is 0.161. The normalized spacial score (nSPS) is 10.7. The summed E-state index contributed by atoms with van der Waals surface area (Å²) >= 11 is 0. The number of halogens is 1. The summed E-state index contributed by atoms with van der Waals surface area (Å²) in [6.07, 6.45) is 3.33. The molecule has 0 amide bonds. The van der Waals surface area contributed by atoms with Gasteiger partial charge in [-0.25, -0.2) is 14.9 Å². The molecule has 1 aromatic carbocycles. The van der Waals surface area contributed by atoms with Crippen molar-refractivity contribution in [2.75, 3.05) is 0 Å². The molecular formula is C11H12FN3O. The van der Waals surface area contributed by atoms with Gasteiger partial charge in [0.2, 0.25) is 0 Å². The summed E-state index contributed by atoms with van der Waals surface area (Å²) in [5.41, 5.74) is 3.13. The van der Waals surface area contributed by atoms with E-state index >= 15 is 0 Å². The zero-order valence-electron chi connectivity index (χ0n) is 8.81. The molecule has 84 valence electrons. The first-order valence-electron chi connectivity index (χ1n) is 4.88. The predicted molar refractivity (Wildman–Crippen MR) is 56.9 cm³/mol. The van der Waals surface area contributed by atoms with Crippen molar-refractivity contribution in [3.63, 3.8) is 0 Å². The third kappa shape index (κ3) is 1.95. The van der Waals surface area contributed by atoms with Gasteiger partial charge in [-0.3, -0.25) is 0 Å². The van der Waals surface area contributed by atoms with Crippen molar-refractivity contribution in [1.29, 1.82) is 0 Å². The number of aryl methyl sites for hydroxylation is 1. The van der Waals surface area contributed by atoms with Crippen LogP contribution in [0.4, 0.5) is 4.39 Å². The molecule has 0 aliphatic rings. The zero-order valence-corrected chi connectivity index (χ0v) is 8.81. The highest BCUT2D eigenvalue weighted by Gasteiger charge is 2.07. The van der Waals surface area contributed by atoms with E-state index < -0.39 is 0 Å². The number of hydroxylamine groups is 1. The Hall–Kier alpha value is -1.72. The van der Waals surface area contributed by atoms with Gasteiger partial charge in [0.05, 0.1) is 5.69 Å². The number of hydrogen-bond donors (Lipinski definition) is 2. The van der Waals surface area contributed by atoms with Crippen molar-refractivity contribution in [1.82, 2.24) is 15.0 Å². The lowest BCUT2D eigenvalue weighted by Crippen LogP contribution is -2.07. The predicted octanol–water partition coefficient (Wildman–Crippen LogP) is 1.80. The Kier molecular flexibility index (Phi) is 2.98. The molecule has 0 radical (unpaired) electrons. The molecule has 0 atom stereocenters. The minimum atomic E-state index is -0.339. The van der Waals surface area contributed by atoms with Gasteiger partial charge in [-0.05, 0) is 24.6 Å². The Morgan fingerprint density at radius 3 is 2.88 bits per heavy atom. The second-order valence-corrected chi connectivity index (χ2v) is 3.47. The van der Waals surface area contributed by atoms with E-state index in [0.29, 0.717) is 11.3 Å². The van der Waals surface area contributed by atoms with Crippen LogP contribution in [0.2, 0.25) is 0 Å². The Morgan fingerprint density at radius 2 is 2.31 bits per heavy atom. The van der Waals surface area contributed by atoms with Crippen LogP contribution in [-0.4, -0.2) is 14.8 Å². The fraction of sp³-hybridized carbons (Fsp3) is 0.182. The average molecular weight is 221 g/mol. The molecule has 16 heavy (non-hydrogen) atoms. The van der Waals surface area contributed by atoms with Gasteiger partial charge in [-0.1, -0.05) is 6.07 Å². The molecule has 0 aliphatic carbocycles. The average Bonchev–Trinajstić information content (AvgIpc) is 2.65. The van der Waals surface area contributed by atoms with Crippen molar-refractivity contribution in [2.45, 2.75) is 13.5 Å². The van der Waals surface area contributed by atoms with Crippen LogP contribution in [0.25, 0.3) is 5.69 Å². The summed E-state index contributed by atoms with van der Waals surface area (Å²) in [6, 6.07) is 4.80. The summed E-state index contributed by atoms with van der Waals surface area (Å²) in [4.78, 5) is 4.04. The second-order valence-electron chi connectivity index (χ2n) is 3.47. The van der Waals surface area contributed by atoms with Gasteiger partial charge >= 0.3 is 0 Å². The molecular weight excluding hydrogens is 209 g/mol. The van der Waals surface area contributed by atoms with E-state index in [-0.39, 0.29) is 12.4 Å². The molecule has 0 bridgehead atoms. The van der Waals surface area contributed by atoms with Crippen LogP contribution in [0.3, 0.4) is 0 Å². The highest BCUT2D eigenvalue weighted by Crippen LogP contribution is 2.16. The fourth-order valence-electron chi connectivity index (χ4n) is 1.58. The molecule has 1 aromatic heterocycles. The van der Waals surface area contributed by atoms with Crippen molar-refractivity contribution in [2.24, 2.45) is 0 Å². The Morgan fingerprint density at radius 1 is 1.50 bits per heavy atom. The summed E-state index contributed by atoms with van der Waals surface area (Å²) < 4.78 is 15.4. The highest BCUT2D eigenvalue weighted by atomic mass is 19.1. The highest BCUT2D eigenvalue weighted by molar-refractivity contribution is 5.37. The van der Waals surface area contributed by atoms with Crippen molar-refractivity contribution in [3.05, 3.63) is 47.8 Å². The number of nitrogens with zero attached hydrogens (tertiary/aromatic N) is 2. The summed E-state index contributed by atoms with van der Waals surface area (Å²) in [5, 5.41) is 8.52. The molecule has 2 aromatic rings. The summed E-state index contributed by atoms with van der Waals surface area (Å²) in [6.45, 7) is 2.03. The fourth-order valence-corrected chi connectivity index (χ4v) is 1.58. The van der Waals surface area contributed by atoms with Crippen LogP contribution in [-0.2, 0) is 6.54 Å². The SMILES string of the molecule is Cc1nccn1-c1ccc(CNO)cc1F. The minimum Gasteiger partial charge on any atom is -0.316 e. The first kappa shape index (κ1) is 10.8. The van der Waals surface area contributed by atoms with Gasteiger partial charge in [0.15, 0.2) is 0 Å². The smallest absolute Gasteiger partial charge is 0.147 e. The number of benzene rings is 1. The van der Waals surface area contributed by atoms with E-state index in [1.54, 1.807) is 29.1 Å². The Balaban J connectivity index is 2.40. The number of rotatable bonds is 3. The Labute approximate surface area is 92.3 Å². The summed E-state index contributed by atoms with van der Waals surface area (Å²) in [7, 11) is 0. The van der Waals surface area contributed by atoms with Crippen LogP contribution in [0.1, 0.15) is 11.4 Å². The van der Waals surface area contributed by atoms with Crippen LogP contribution in [0, 0.1) is 12.7 Å². The lowest BCUT2D eigenvalue weighted by Gasteiger charge is -2.08. The number of nitrogens with one attached hydrogen (secondary N) is 1. The quantitative estimate of drug-likeness (QED) is 0.777. The van der Waals surface area contributed by atoms with Crippen LogP contribution >= 0.6 is 0 Å². The Bertz CT molecular complexity index is 496. The summed E-state index contributed by atoms with van der Waals surface area (Å²) in [5.74, 6) is 0.390. The zero-order chi connectivity index (χ0) is 11.5. The molecule has 4 nitrogen and oxygen atoms in total. The molecule has 0 fully saturated rings. The van der Waals surface area contributed by atoms with E-state index in [4.69, 9.17) is 5.21 Å². The molecule has 1 heterocycles. The van der Waals surface area contributed by atoms with E-state index in [2.05, 4.69) is 4.98 Å². The van der Waals surface area contributed by atoms with Crippen LogP contribution < -0.4 is 5.48 Å². The second kappa shape index (κ2) is 4.42. The van der Waals surface area contributed by atoms with Crippen LogP contribution in [0.15, 0.2) is 30.6 Å². The van der Waals surface area contributed by atoms with Gasteiger partial charge in [-0.15, -0.1) is 0 Å². The molecule has 0 unspecified atom stereocenters. The van der Waals surface area contributed by atoms with E-state index in [9.17, 15) is 4.39 Å². The lowest BCUT2D eigenvalue weighted by atomic mass is 10.2.